The topological polar surface area (TPSA) is 32.8 Å². The molecular weight excluding hydrogens is 757 g/mol. The lowest BCUT2D eigenvalue weighted by molar-refractivity contribution is 0.664. The number of benzene rings is 10. The van der Waals surface area contributed by atoms with E-state index >= 15 is 0 Å². The van der Waals surface area contributed by atoms with Crippen LogP contribution in [0, 0.1) is 13.8 Å². The molecule has 4 heteroatoms. The van der Waals surface area contributed by atoms with Crippen LogP contribution >= 0.6 is 0 Å². The van der Waals surface area contributed by atoms with Crippen LogP contribution in [0.15, 0.2) is 215 Å². The van der Waals surface area contributed by atoms with Crippen molar-refractivity contribution in [1.29, 1.82) is 0 Å². The van der Waals surface area contributed by atoms with Crippen molar-refractivity contribution in [2.45, 2.75) is 13.8 Å². The Morgan fingerprint density at radius 2 is 0.790 bits per heavy atom. The van der Waals surface area contributed by atoms with Crippen LogP contribution in [0.2, 0.25) is 0 Å². The van der Waals surface area contributed by atoms with Gasteiger partial charge in [0.05, 0.1) is 0 Å². The minimum Gasteiger partial charge on any atom is -0.456 e. The van der Waals surface area contributed by atoms with Crippen LogP contribution in [0.1, 0.15) is 11.1 Å². The van der Waals surface area contributed by atoms with Crippen molar-refractivity contribution in [2.24, 2.45) is 0 Å². The van der Waals surface area contributed by atoms with E-state index < -0.39 is 0 Å². The van der Waals surface area contributed by atoms with Gasteiger partial charge in [0.25, 0.3) is 0 Å². The van der Waals surface area contributed by atoms with Crippen molar-refractivity contribution in [3.05, 3.63) is 217 Å². The molecule has 0 spiro atoms. The van der Waals surface area contributed by atoms with Crippen molar-refractivity contribution in [3.8, 4) is 11.1 Å². The summed E-state index contributed by atoms with van der Waals surface area (Å²) in [5.74, 6) is 0. The third-order valence-electron chi connectivity index (χ3n) is 12.2. The highest BCUT2D eigenvalue weighted by Gasteiger charge is 2.23. The number of hydrogen-bond donors (Lipinski definition) is 0. The van der Waals surface area contributed by atoms with Gasteiger partial charge in [-0.25, -0.2) is 0 Å². The predicted molar refractivity (Wildman–Crippen MR) is 260 cm³/mol. The SMILES string of the molecule is Cc1cccc(N(c2ccccc2)c2ccc3cc4c(cc3c2)oc2cc(-c3ccccc3)c3oc5cc6cc(N(c7ccccc7)c7cccc(C)c7)ccc6cc5c3c24)c1. The highest BCUT2D eigenvalue weighted by atomic mass is 16.3. The molecule has 4 nitrogen and oxygen atoms in total. The van der Waals surface area contributed by atoms with Gasteiger partial charge in [-0.15, -0.1) is 0 Å². The maximum Gasteiger partial charge on any atom is 0.144 e. The third kappa shape index (κ3) is 5.99. The lowest BCUT2D eigenvalue weighted by atomic mass is 9.96. The monoisotopic (exact) mass is 796 g/mol. The second kappa shape index (κ2) is 14.3. The molecule has 0 bridgehead atoms. The number of anilines is 6. The van der Waals surface area contributed by atoms with Crippen molar-refractivity contribution >= 4 is 99.5 Å². The zero-order chi connectivity index (χ0) is 41.3. The van der Waals surface area contributed by atoms with E-state index in [0.717, 1.165) is 111 Å². The molecule has 0 aliphatic carbocycles. The highest BCUT2D eigenvalue weighted by molar-refractivity contribution is 6.30. The van der Waals surface area contributed by atoms with Gasteiger partial charge in [0, 0.05) is 61.2 Å². The van der Waals surface area contributed by atoms with Gasteiger partial charge < -0.3 is 18.6 Å². The quantitative estimate of drug-likeness (QED) is 0.161. The van der Waals surface area contributed by atoms with E-state index in [2.05, 4.69) is 230 Å². The van der Waals surface area contributed by atoms with Gasteiger partial charge >= 0.3 is 0 Å². The zero-order valence-corrected chi connectivity index (χ0v) is 34.3. The number of hydrogen-bond acceptors (Lipinski definition) is 4. The summed E-state index contributed by atoms with van der Waals surface area (Å²) in [6, 6.07) is 73.6. The molecule has 10 aromatic carbocycles. The Morgan fingerprint density at radius 3 is 1.32 bits per heavy atom. The lowest BCUT2D eigenvalue weighted by Crippen LogP contribution is -2.09. The van der Waals surface area contributed by atoms with Gasteiger partial charge in [-0.2, -0.15) is 0 Å². The van der Waals surface area contributed by atoms with E-state index in [9.17, 15) is 0 Å². The Morgan fingerprint density at radius 1 is 0.323 bits per heavy atom. The lowest BCUT2D eigenvalue weighted by Gasteiger charge is -2.26. The average Bonchev–Trinajstić information content (AvgIpc) is 3.85. The molecule has 0 N–H and O–H groups in total. The maximum atomic E-state index is 7.02. The van der Waals surface area contributed by atoms with E-state index in [4.69, 9.17) is 8.83 Å². The van der Waals surface area contributed by atoms with Crippen LogP contribution in [0.4, 0.5) is 34.1 Å². The van der Waals surface area contributed by atoms with Crippen LogP contribution in [-0.4, -0.2) is 0 Å². The van der Waals surface area contributed by atoms with Gasteiger partial charge in [-0.1, -0.05) is 103 Å². The summed E-state index contributed by atoms with van der Waals surface area (Å²) in [7, 11) is 0. The molecule has 294 valence electrons. The zero-order valence-electron chi connectivity index (χ0n) is 34.3. The third-order valence-corrected chi connectivity index (χ3v) is 12.2. The average molecular weight is 797 g/mol. The normalized spacial score (nSPS) is 11.7. The van der Waals surface area contributed by atoms with Crippen molar-refractivity contribution in [3.63, 3.8) is 0 Å². The fourth-order valence-electron chi connectivity index (χ4n) is 9.36. The Bertz CT molecular complexity index is 3660. The molecule has 12 aromatic rings. The van der Waals surface area contributed by atoms with Gasteiger partial charge in [-0.3, -0.25) is 0 Å². The Hall–Kier alpha value is -8.08. The first-order valence-electron chi connectivity index (χ1n) is 21.1. The van der Waals surface area contributed by atoms with E-state index in [1.54, 1.807) is 0 Å². The maximum absolute atomic E-state index is 7.02. The Kier molecular flexibility index (Phi) is 8.26. The molecule has 0 atom stereocenters. The number of aryl methyl sites for hydroxylation is 2. The Balaban J connectivity index is 1.06. The first kappa shape index (κ1) is 35.8. The van der Waals surface area contributed by atoms with E-state index in [1.807, 2.05) is 0 Å². The summed E-state index contributed by atoms with van der Waals surface area (Å²) in [6.07, 6.45) is 0. The summed E-state index contributed by atoms with van der Waals surface area (Å²) in [5, 5.41) is 8.76. The van der Waals surface area contributed by atoms with Gasteiger partial charge in [0.1, 0.15) is 22.3 Å². The number of furan rings is 2. The van der Waals surface area contributed by atoms with Crippen LogP contribution in [0.5, 0.6) is 0 Å². The first-order chi connectivity index (χ1) is 30.5. The summed E-state index contributed by atoms with van der Waals surface area (Å²) in [4.78, 5) is 4.64. The van der Waals surface area contributed by atoms with Crippen molar-refractivity contribution in [1.82, 2.24) is 0 Å². The van der Waals surface area contributed by atoms with Gasteiger partial charge in [-0.05, 0) is 155 Å². The van der Waals surface area contributed by atoms with Crippen molar-refractivity contribution in [2.75, 3.05) is 9.80 Å². The molecule has 0 aliphatic heterocycles. The molecule has 12 rings (SSSR count). The smallest absolute Gasteiger partial charge is 0.144 e. The number of nitrogens with zero attached hydrogens (tertiary/aromatic N) is 2. The molecule has 62 heavy (non-hydrogen) atoms. The van der Waals surface area contributed by atoms with E-state index in [0.29, 0.717) is 0 Å². The second-order valence-corrected chi connectivity index (χ2v) is 16.4. The number of fused-ring (bicyclic) bond motifs is 9. The Labute approximate surface area is 359 Å². The largest absolute Gasteiger partial charge is 0.456 e. The molecule has 2 heterocycles. The summed E-state index contributed by atoms with van der Waals surface area (Å²) in [6.45, 7) is 4.28. The minimum atomic E-state index is 0.836. The summed E-state index contributed by atoms with van der Waals surface area (Å²) in [5.41, 5.74) is 14.5. The fraction of sp³-hybridized carbons (Fsp3) is 0.0345. The minimum absolute atomic E-state index is 0.836. The number of rotatable bonds is 7. The van der Waals surface area contributed by atoms with Crippen LogP contribution < -0.4 is 9.80 Å². The van der Waals surface area contributed by atoms with Gasteiger partial charge in [0.2, 0.25) is 0 Å². The van der Waals surface area contributed by atoms with E-state index in [1.165, 1.54) is 11.1 Å². The molecule has 0 saturated carbocycles. The van der Waals surface area contributed by atoms with Crippen LogP contribution in [0.25, 0.3) is 76.5 Å². The molecule has 0 aliphatic rings. The standard InChI is InChI=1S/C58H40N2O2/c1-37-14-12-22-46(28-37)59(44-18-8-4-9-19-44)48-26-24-40-32-51-53(34-42(40)30-48)61-55-36-50(39-16-6-3-7-17-39)58-57(56(51)55)52-33-41-25-27-49(31-43(41)35-54(52)62-58)60(45-20-10-5-11-21-45)47-23-13-15-38(2)29-47/h3-36H,1-2H3. The first-order valence-corrected chi connectivity index (χ1v) is 21.1. The second-order valence-electron chi connectivity index (χ2n) is 16.4. The molecule has 0 fully saturated rings. The number of para-hydroxylation sites is 2. The molecule has 0 radical (unpaired) electrons. The molecule has 0 amide bonds. The fourth-order valence-corrected chi connectivity index (χ4v) is 9.36. The van der Waals surface area contributed by atoms with Crippen LogP contribution in [0.3, 0.4) is 0 Å². The van der Waals surface area contributed by atoms with Crippen molar-refractivity contribution < 1.29 is 8.83 Å². The molecular formula is C58H40N2O2. The predicted octanol–water partition coefficient (Wildman–Crippen LogP) is 17.0. The summed E-state index contributed by atoms with van der Waals surface area (Å²) < 4.78 is 13.9. The van der Waals surface area contributed by atoms with Crippen LogP contribution in [-0.2, 0) is 0 Å². The highest BCUT2D eigenvalue weighted by Crippen LogP contribution is 2.47. The van der Waals surface area contributed by atoms with E-state index in [-0.39, 0.29) is 0 Å². The molecule has 0 saturated heterocycles. The van der Waals surface area contributed by atoms with Gasteiger partial charge in [0.15, 0.2) is 0 Å². The molecule has 0 unspecified atom stereocenters. The summed E-state index contributed by atoms with van der Waals surface area (Å²) >= 11 is 0. The molecule has 2 aromatic heterocycles.